The third-order valence-corrected chi connectivity index (χ3v) is 3.03. The largest absolute Gasteiger partial charge is 0.390 e. The van der Waals surface area contributed by atoms with Gasteiger partial charge in [0.1, 0.15) is 12.2 Å². The van der Waals surface area contributed by atoms with Gasteiger partial charge in [-0.25, -0.2) is 0 Å². The molecule has 0 aromatic carbocycles. The topological polar surface area (TPSA) is 91.7 Å². The lowest BCUT2D eigenvalue weighted by Gasteiger charge is -2.40. The van der Waals surface area contributed by atoms with E-state index in [0.717, 1.165) is 0 Å². The number of rotatable bonds is 2. The first-order valence-electron chi connectivity index (χ1n) is 4.94. The normalized spacial score (nSPS) is 55.4. The van der Waals surface area contributed by atoms with E-state index in [-0.39, 0.29) is 5.92 Å². The van der Waals surface area contributed by atoms with Crippen molar-refractivity contribution in [3.63, 3.8) is 0 Å². The summed E-state index contributed by atoms with van der Waals surface area (Å²) in [7, 11) is 1.39. The predicted molar refractivity (Wildman–Crippen MR) is 47.7 cm³/mol. The molecule has 0 saturated carbocycles. The first-order valence-corrected chi connectivity index (χ1v) is 4.94. The van der Waals surface area contributed by atoms with E-state index in [4.69, 9.17) is 19.3 Å². The molecule has 2 aliphatic heterocycles. The summed E-state index contributed by atoms with van der Waals surface area (Å²) >= 11 is 0. The third kappa shape index (κ3) is 1.89. The second-order valence-electron chi connectivity index (χ2n) is 4.04. The molecule has 0 radical (unpaired) electrons. The molecule has 2 heterocycles. The Morgan fingerprint density at radius 3 is 2.07 bits per heavy atom. The Balaban J connectivity index is 2.06. The van der Waals surface area contributed by atoms with E-state index in [1.807, 2.05) is 0 Å². The molecular formula is C9H16O6. The summed E-state index contributed by atoms with van der Waals surface area (Å²) in [6.07, 6.45) is -4.61. The van der Waals surface area contributed by atoms with Crippen LogP contribution in [0.15, 0.2) is 0 Å². The van der Waals surface area contributed by atoms with Crippen molar-refractivity contribution in [3.8, 4) is 0 Å². The highest BCUT2D eigenvalue weighted by molar-refractivity contribution is 4.95. The van der Waals surface area contributed by atoms with Gasteiger partial charge in [-0.2, -0.15) is 0 Å². The van der Waals surface area contributed by atoms with Crippen LogP contribution in [0.4, 0.5) is 0 Å². The lowest BCUT2D eigenvalue weighted by molar-refractivity contribution is -0.278. The molecule has 88 valence electrons. The Hall–Kier alpha value is -0.240. The van der Waals surface area contributed by atoms with Crippen LogP contribution in [0.1, 0.15) is 6.92 Å². The van der Waals surface area contributed by atoms with Gasteiger partial charge in [0.25, 0.3) is 0 Å². The van der Waals surface area contributed by atoms with E-state index >= 15 is 0 Å². The van der Waals surface area contributed by atoms with Gasteiger partial charge in [0.2, 0.25) is 0 Å². The van der Waals surface area contributed by atoms with E-state index in [1.165, 1.54) is 7.11 Å². The van der Waals surface area contributed by atoms with Gasteiger partial charge in [0.15, 0.2) is 12.6 Å². The monoisotopic (exact) mass is 220 g/mol. The van der Waals surface area contributed by atoms with Crippen molar-refractivity contribution in [2.45, 2.75) is 43.9 Å². The van der Waals surface area contributed by atoms with Crippen LogP contribution in [0.5, 0.6) is 0 Å². The maximum atomic E-state index is 9.73. The van der Waals surface area contributed by atoms with E-state index in [9.17, 15) is 10.2 Å². The molecule has 7 unspecified atom stereocenters. The second-order valence-corrected chi connectivity index (χ2v) is 4.04. The van der Waals surface area contributed by atoms with Crippen molar-refractivity contribution < 1.29 is 29.5 Å². The number of aliphatic hydroxyl groups is 3. The molecule has 15 heavy (non-hydrogen) atoms. The highest BCUT2D eigenvalue weighted by atomic mass is 16.7. The molecule has 3 N–H and O–H groups in total. The molecule has 0 aromatic rings. The van der Waals surface area contributed by atoms with Crippen molar-refractivity contribution in [3.05, 3.63) is 0 Å². The second kappa shape index (κ2) is 3.97. The molecule has 0 aromatic heterocycles. The summed E-state index contributed by atoms with van der Waals surface area (Å²) in [5.74, 6) is -0.312. The molecule has 2 saturated heterocycles. The van der Waals surface area contributed by atoms with Gasteiger partial charge in [-0.1, -0.05) is 6.92 Å². The van der Waals surface area contributed by atoms with Gasteiger partial charge in [-0.15, -0.1) is 0 Å². The zero-order valence-corrected chi connectivity index (χ0v) is 8.61. The van der Waals surface area contributed by atoms with E-state index in [0.29, 0.717) is 0 Å². The van der Waals surface area contributed by atoms with E-state index in [1.54, 1.807) is 6.92 Å². The fourth-order valence-electron chi connectivity index (χ4n) is 1.95. The summed E-state index contributed by atoms with van der Waals surface area (Å²) < 4.78 is 15.2. The van der Waals surface area contributed by atoms with E-state index < -0.39 is 37.0 Å². The average molecular weight is 220 g/mol. The number of epoxide rings is 1. The molecule has 2 aliphatic rings. The molecule has 7 atom stereocenters. The van der Waals surface area contributed by atoms with Gasteiger partial charge in [0, 0.05) is 13.0 Å². The van der Waals surface area contributed by atoms with Crippen molar-refractivity contribution in [2.24, 2.45) is 5.92 Å². The quantitative estimate of drug-likeness (QED) is 0.487. The maximum absolute atomic E-state index is 9.73. The van der Waals surface area contributed by atoms with Crippen LogP contribution in [-0.2, 0) is 14.2 Å². The third-order valence-electron chi connectivity index (χ3n) is 3.03. The minimum atomic E-state index is -1.07. The van der Waals surface area contributed by atoms with Gasteiger partial charge in [0.05, 0.1) is 12.2 Å². The fraction of sp³-hybridized carbons (Fsp3) is 1.00. The highest BCUT2D eigenvalue weighted by Gasteiger charge is 2.53. The molecule has 6 heteroatoms. The minimum Gasteiger partial charge on any atom is -0.390 e. The molecular weight excluding hydrogens is 204 g/mol. The smallest absolute Gasteiger partial charge is 0.186 e. The molecule has 2 fully saturated rings. The molecule has 0 bridgehead atoms. The number of hydrogen-bond donors (Lipinski definition) is 3. The van der Waals surface area contributed by atoms with Crippen LogP contribution in [-0.4, -0.2) is 59.4 Å². The van der Waals surface area contributed by atoms with Crippen LogP contribution >= 0.6 is 0 Å². The number of hydrogen-bond acceptors (Lipinski definition) is 6. The van der Waals surface area contributed by atoms with Crippen LogP contribution in [0.25, 0.3) is 0 Å². The van der Waals surface area contributed by atoms with Crippen LogP contribution in [0, 0.1) is 5.92 Å². The Labute approximate surface area is 87.4 Å². The molecule has 0 amide bonds. The summed E-state index contributed by atoms with van der Waals surface area (Å²) in [6, 6.07) is 0. The number of ether oxygens (including phenoxy) is 3. The van der Waals surface area contributed by atoms with Crippen molar-refractivity contribution >= 4 is 0 Å². The predicted octanol–water partition coefficient (Wildman–Crippen LogP) is -1.57. The number of methoxy groups -OCH3 is 1. The summed E-state index contributed by atoms with van der Waals surface area (Å²) in [5.41, 5.74) is 0. The molecule has 0 aliphatic carbocycles. The SMILES string of the molecule is COC1OC(C2OC2O)C(C)C(O)C1O. The fourth-order valence-corrected chi connectivity index (χ4v) is 1.95. The zero-order valence-electron chi connectivity index (χ0n) is 8.61. The van der Waals surface area contributed by atoms with Crippen molar-refractivity contribution in [1.29, 1.82) is 0 Å². The van der Waals surface area contributed by atoms with Gasteiger partial charge < -0.3 is 29.5 Å². The van der Waals surface area contributed by atoms with Gasteiger partial charge >= 0.3 is 0 Å². The van der Waals surface area contributed by atoms with Gasteiger partial charge in [-0.05, 0) is 0 Å². The van der Waals surface area contributed by atoms with Gasteiger partial charge in [-0.3, -0.25) is 0 Å². The van der Waals surface area contributed by atoms with Crippen molar-refractivity contribution in [1.82, 2.24) is 0 Å². The summed E-state index contributed by atoms with van der Waals surface area (Å²) in [6.45, 7) is 1.73. The van der Waals surface area contributed by atoms with E-state index in [2.05, 4.69) is 0 Å². The first kappa shape index (κ1) is 11.3. The Morgan fingerprint density at radius 1 is 1.00 bits per heavy atom. The van der Waals surface area contributed by atoms with Crippen LogP contribution < -0.4 is 0 Å². The molecule has 0 spiro atoms. The Bertz CT molecular complexity index is 233. The van der Waals surface area contributed by atoms with Crippen LogP contribution in [0.3, 0.4) is 0 Å². The van der Waals surface area contributed by atoms with Crippen LogP contribution in [0.2, 0.25) is 0 Å². The lowest BCUT2D eigenvalue weighted by atomic mass is 9.89. The Morgan fingerprint density at radius 2 is 1.60 bits per heavy atom. The molecule has 2 rings (SSSR count). The molecule has 6 nitrogen and oxygen atoms in total. The standard InChI is InChI=1S/C9H16O6/c1-3-4(10)5(11)9(13-2)15-6(3)7-8(12)14-7/h3-12H,1-2H3. The highest BCUT2D eigenvalue weighted by Crippen LogP contribution is 2.36. The lowest BCUT2D eigenvalue weighted by Crippen LogP contribution is -2.55. The summed E-state index contributed by atoms with van der Waals surface area (Å²) in [5, 5.41) is 28.4. The first-order chi connectivity index (χ1) is 7.06. The minimum absolute atomic E-state index is 0.312. The summed E-state index contributed by atoms with van der Waals surface area (Å²) in [4.78, 5) is 0. The van der Waals surface area contributed by atoms with Crippen molar-refractivity contribution in [2.75, 3.05) is 7.11 Å². The zero-order chi connectivity index (χ0) is 11.2. The Kier molecular flexibility index (Phi) is 2.98. The maximum Gasteiger partial charge on any atom is 0.186 e. The number of aliphatic hydroxyl groups excluding tert-OH is 3. The average Bonchev–Trinajstić information content (AvgIpc) is 2.92.